The van der Waals surface area contributed by atoms with Gasteiger partial charge in [-0.25, -0.2) is 0 Å². The molecule has 4 heteroatoms. The standard InChI is InChI=1S/C10H10BrClO2/c11-9-3-1-8(6-12)7(5-9)2-4-10(13)14/h1,3,5H,2,4,6H2,(H,13,14). The number of alkyl halides is 1. The van der Waals surface area contributed by atoms with Crippen LogP contribution >= 0.6 is 27.5 Å². The van der Waals surface area contributed by atoms with Crippen molar-refractivity contribution in [2.45, 2.75) is 18.7 Å². The van der Waals surface area contributed by atoms with E-state index in [9.17, 15) is 4.79 Å². The van der Waals surface area contributed by atoms with Crippen LogP contribution in [0.25, 0.3) is 0 Å². The molecule has 76 valence electrons. The van der Waals surface area contributed by atoms with Gasteiger partial charge in [0.05, 0.1) is 0 Å². The van der Waals surface area contributed by atoms with Gasteiger partial charge in [0.1, 0.15) is 0 Å². The zero-order valence-corrected chi connectivity index (χ0v) is 9.81. The molecule has 0 aliphatic carbocycles. The van der Waals surface area contributed by atoms with Gasteiger partial charge in [-0.1, -0.05) is 22.0 Å². The molecule has 14 heavy (non-hydrogen) atoms. The van der Waals surface area contributed by atoms with Crippen molar-refractivity contribution in [3.05, 3.63) is 33.8 Å². The Balaban J connectivity index is 2.82. The summed E-state index contributed by atoms with van der Waals surface area (Å²) in [5.74, 6) is -0.368. The smallest absolute Gasteiger partial charge is 0.303 e. The number of rotatable bonds is 4. The Morgan fingerprint density at radius 2 is 2.14 bits per heavy atom. The molecule has 0 saturated heterocycles. The van der Waals surface area contributed by atoms with Gasteiger partial charge in [-0.2, -0.15) is 0 Å². The van der Waals surface area contributed by atoms with Gasteiger partial charge in [-0.3, -0.25) is 4.79 Å². The first-order valence-corrected chi connectivity index (χ1v) is 5.51. The summed E-state index contributed by atoms with van der Waals surface area (Å²) in [6.07, 6.45) is 0.664. The molecular weight excluding hydrogens is 267 g/mol. The molecule has 0 spiro atoms. The van der Waals surface area contributed by atoms with Crippen molar-refractivity contribution in [2.75, 3.05) is 0 Å². The third-order valence-electron chi connectivity index (χ3n) is 1.92. The minimum Gasteiger partial charge on any atom is -0.481 e. The maximum atomic E-state index is 10.4. The molecule has 0 bridgehead atoms. The van der Waals surface area contributed by atoms with Crippen molar-refractivity contribution in [1.29, 1.82) is 0 Å². The van der Waals surface area contributed by atoms with E-state index < -0.39 is 5.97 Å². The molecule has 1 aromatic carbocycles. The minimum absolute atomic E-state index is 0.139. The SMILES string of the molecule is O=C(O)CCc1cc(Br)ccc1CCl. The van der Waals surface area contributed by atoms with Crippen LogP contribution in [-0.2, 0) is 17.1 Å². The summed E-state index contributed by atoms with van der Waals surface area (Å²) in [5, 5.41) is 8.56. The zero-order valence-electron chi connectivity index (χ0n) is 7.46. The van der Waals surface area contributed by atoms with Gasteiger partial charge in [0.25, 0.3) is 0 Å². The van der Waals surface area contributed by atoms with Gasteiger partial charge in [-0.15, -0.1) is 11.6 Å². The Kier molecular flexibility index (Phi) is 4.42. The van der Waals surface area contributed by atoms with Crippen molar-refractivity contribution in [1.82, 2.24) is 0 Å². The average Bonchev–Trinajstić information content (AvgIpc) is 2.15. The van der Waals surface area contributed by atoms with Gasteiger partial charge < -0.3 is 5.11 Å². The van der Waals surface area contributed by atoms with E-state index in [2.05, 4.69) is 15.9 Å². The molecule has 0 saturated carbocycles. The summed E-state index contributed by atoms with van der Waals surface area (Å²) in [4.78, 5) is 10.4. The Morgan fingerprint density at radius 1 is 1.43 bits per heavy atom. The molecule has 0 radical (unpaired) electrons. The number of hydrogen-bond donors (Lipinski definition) is 1. The van der Waals surface area contributed by atoms with E-state index in [0.29, 0.717) is 12.3 Å². The van der Waals surface area contributed by atoms with Crippen molar-refractivity contribution in [2.24, 2.45) is 0 Å². The number of carbonyl (C=O) groups is 1. The lowest BCUT2D eigenvalue weighted by Crippen LogP contribution is -1.99. The topological polar surface area (TPSA) is 37.3 Å². The van der Waals surface area contributed by atoms with Crippen molar-refractivity contribution >= 4 is 33.5 Å². The minimum atomic E-state index is -0.787. The average molecular weight is 278 g/mol. The normalized spacial score (nSPS) is 10.1. The third-order valence-corrected chi connectivity index (χ3v) is 2.70. The second kappa shape index (κ2) is 5.37. The molecule has 0 unspecified atom stereocenters. The van der Waals surface area contributed by atoms with Crippen molar-refractivity contribution in [3.8, 4) is 0 Å². The molecule has 1 rings (SSSR count). The number of carboxylic acids is 1. The molecule has 0 heterocycles. The molecule has 0 aliphatic rings. The van der Waals surface area contributed by atoms with Crippen LogP contribution in [0.4, 0.5) is 0 Å². The van der Waals surface area contributed by atoms with Gasteiger partial charge in [-0.05, 0) is 29.7 Å². The van der Waals surface area contributed by atoms with Crippen LogP contribution in [0.5, 0.6) is 0 Å². The number of hydrogen-bond acceptors (Lipinski definition) is 1. The fraction of sp³-hybridized carbons (Fsp3) is 0.300. The quantitative estimate of drug-likeness (QED) is 0.858. The molecule has 2 nitrogen and oxygen atoms in total. The maximum Gasteiger partial charge on any atom is 0.303 e. The molecule has 0 aliphatic heterocycles. The Bertz CT molecular complexity index is 339. The van der Waals surface area contributed by atoms with Gasteiger partial charge in [0.15, 0.2) is 0 Å². The van der Waals surface area contributed by atoms with E-state index in [1.807, 2.05) is 18.2 Å². The monoisotopic (exact) mass is 276 g/mol. The largest absolute Gasteiger partial charge is 0.481 e. The van der Waals surface area contributed by atoms with Gasteiger partial charge >= 0.3 is 5.97 Å². The Hall–Kier alpha value is -0.540. The molecule has 1 aromatic rings. The van der Waals surface area contributed by atoms with Crippen LogP contribution in [0, 0.1) is 0 Å². The molecular formula is C10H10BrClO2. The highest BCUT2D eigenvalue weighted by molar-refractivity contribution is 9.10. The second-order valence-electron chi connectivity index (χ2n) is 2.94. The molecule has 0 fully saturated rings. The first kappa shape index (κ1) is 11.5. The highest BCUT2D eigenvalue weighted by Crippen LogP contribution is 2.19. The lowest BCUT2D eigenvalue weighted by atomic mass is 10.0. The second-order valence-corrected chi connectivity index (χ2v) is 4.12. The van der Waals surface area contributed by atoms with Crippen LogP contribution in [0.15, 0.2) is 22.7 Å². The van der Waals surface area contributed by atoms with Crippen LogP contribution in [-0.4, -0.2) is 11.1 Å². The maximum absolute atomic E-state index is 10.4. The molecule has 1 N–H and O–H groups in total. The summed E-state index contributed by atoms with van der Waals surface area (Å²) >= 11 is 9.08. The summed E-state index contributed by atoms with van der Waals surface area (Å²) in [6, 6.07) is 5.73. The molecule has 0 aromatic heterocycles. The summed E-state index contributed by atoms with van der Waals surface area (Å²) in [5.41, 5.74) is 1.99. The van der Waals surface area contributed by atoms with Crippen molar-refractivity contribution in [3.63, 3.8) is 0 Å². The van der Waals surface area contributed by atoms with E-state index in [4.69, 9.17) is 16.7 Å². The van der Waals surface area contributed by atoms with E-state index in [0.717, 1.165) is 15.6 Å². The van der Waals surface area contributed by atoms with E-state index in [1.54, 1.807) is 0 Å². The molecule has 0 amide bonds. The van der Waals surface area contributed by atoms with Crippen LogP contribution in [0.1, 0.15) is 17.5 Å². The lowest BCUT2D eigenvalue weighted by Gasteiger charge is -2.05. The first-order chi connectivity index (χ1) is 6.63. The number of halogens is 2. The summed E-state index contributed by atoms with van der Waals surface area (Å²) in [6.45, 7) is 0. The van der Waals surface area contributed by atoms with E-state index >= 15 is 0 Å². The highest BCUT2D eigenvalue weighted by Gasteiger charge is 2.04. The number of benzene rings is 1. The van der Waals surface area contributed by atoms with E-state index in [1.165, 1.54) is 0 Å². The zero-order chi connectivity index (χ0) is 10.6. The first-order valence-electron chi connectivity index (χ1n) is 4.18. The molecule has 0 atom stereocenters. The number of carboxylic acid groups (broad SMARTS) is 1. The third kappa shape index (κ3) is 3.31. The fourth-order valence-electron chi connectivity index (χ4n) is 1.20. The van der Waals surface area contributed by atoms with Crippen LogP contribution in [0.3, 0.4) is 0 Å². The van der Waals surface area contributed by atoms with E-state index in [-0.39, 0.29) is 6.42 Å². The summed E-state index contributed by atoms with van der Waals surface area (Å²) in [7, 11) is 0. The van der Waals surface area contributed by atoms with Crippen molar-refractivity contribution < 1.29 is 9.90 Å². The predicted octanol–water partition coefficient (Wildman–Crippen LogP) is 3.21. The Labute approximate surface area is 96.0 Å². The Morgan fingerprint density at radius 3 is 2.71 bits per heavy atom. The van der Waals surface area contributed by atoms with Gasteiger partial charge in [0.2, 0.25) is 0 Å². The van der Waals surface area contributed by atoms with Gasteiger partial charge in [0, 0.05) is 16.8 Å². The highest BCUT2D eigenvalue weighted by atomic mass is 79.9. The predicted molar refractivity (Wildman–Crippen MR) is 59.7 cm³/mol. The summed E-state index contributed by atoms with van der Waals surface area (Å²) < 4.78 is 0.951. The fourth-order valence-corrected chi connectivity index (χ4v) is 1.87. The lowest BCUT2D eigenvalue weighted by molar-refractivity contribution is -0.136. The number of aliphatic carboxylic acids is 1. The number of aryl methyl sites for hydroxylation is 1. The van der Waals surface area contributed by atoms with Crippen LogP contribution in [0.2, 0.25) is 0 Å². The van der Waals surface area contributed by atoms with Crippen LogP contribution < -0.4 is 0 Å².